The van der Waals surface area contributed by atoms with E-state index in [-0.39, 0.29) is 6.04 Å². The molecule has 1 aliphatic rings. The zero-order chi connectivity index (χ0) is 21.5. The highest BCUT2D eigenvalue weighted by Gasteiger charge is 2.26. The number of nitrogens with one attached hydrogen (secondary N) is 2. The summed E-state index contributed by atoms with van der Waals surface area (Å²) in [4.78, 5) is 29.6. The topological polar surface area (TPSA) is 83.1 Å². The van der Waals surface area contributed by atoms with Crippen LogP contribution in [0.5, 0.6) is 11.5 Å². The molecule has 0 bridgehead atoms. The van der Waals surface area contributed by atoms with Crippen molar-refractivity contribution in [2.24, 2.45) is 0 Å². The van der Waals surface area contributed by atoms with Crippen LogP contribution < -0.4 is 20.1 Å². The third-order valence-electron chi connectivity index (χ3n) is 5.22. The van der Waals surface area contributed by atoms with Crippen molar-refractivity contribution in [3.05, 3.63) is 40.6 Å². The monoisotopic (exact) mass is 432 g/mol. The van der Waals surface area contributed by atoms with Crippen LogP contribution in [0.3, 0.4) is 0 Å². The molecule has 1 aromatic carbocycles. The Morgan fingerprint density at radius 1 is 1.10 bits per heavy atom. The van der Waals surface area contributed by atoms with Crippen LogP contribution >= 0.6 is 11.3 Å². The van der Waals surface area contributed by atoms with Crippen molar-refractivity contribution in [3.8, 4) is 11.5 Å². The highest BCUT2D eigenvalue weighted by Crippen LogP contribution is 2.29. The molecule has 2 aromatic rings. The number of carbonyl (C=O) groups is 2. The molecule has 2 N–H and O–H groups in total. The average molecular weight is 433 g/mol. The van der Waals surface area contributed by atoms with Gasteiger partial charge < -0.3 is 25.0 Å². The number of hydrogen-bond acceptors (Lipinski definition) is 7. The molecule has 1 aromatic heterocycles. The summed E-state index contributed by atoms with van der Waals surface area (Å²) in [6.07, 6.45) is 0. The Hall–Kier alpha value is -2.62. The number of anilines is 1. The zero-order valence-electron chi connectivity index (χ0n) is 17.5. The van der Waals surface area contributed by atoms with E-state index >= 15 is 0 Å². The first-order valence-corrected chi connectivity index (χ1v) is 10.7. The third kappa shape index (κ3) is 5.50. The molecule has 1 fully saturated rings. The molecule has 0 spiro atoms. The molecule has 2 amide bonds. The van der Waals surface area contributed by atoms with Gasteiger partial charge in [-0.1, -0.05) is 0 Å². The van der Waals surface area contributed by atoms with E-state index in [2.05, 4.69) is 38.9 Å². The molecule has 0 aliphatic carbocycles. The predicted octanol–water partition coefficient (Wildman–Crippen LogP) is 1.81. The molecule has 8 nitrogen and oxygen atoms in total. The number of ether oxygens (including phenoxy) is 2. The summed E-state index contributed by atoms with van der Waals surface area (Å²) in [5.74, 6) is -0.428. The molecular weight excluding hydrogens is 404 g/mol. The lowest BCUT2D eigenvalue weighted by Crippen LogP contribution is -2.49. The lowest BCUT2D eigenvalue weighted by Gasteiger charge is -2.37. The van der Waals surface area contributed by atoms with Crippen LogP contribution in [-0.2, 0) is 9.59 Å². The maximum atomic E-state index is 12.5. The number of benzene rings is 1. The van der Waals surface area contributed by atoms with E-state index in [1.807, 2.05) is 5.38 Å². The van der Waals surface area contributed by atoms with E-state index in [4.69, 9.17) is 9.47 Å². The number of carbonyl (C=O) groups excluding carboxylic acids is 2. The number of piperazine rings is 1. The second kappa shape index (κ2) is 10.4. The SMILES string of the molecule is COc1ccc(OC)c(NC(=O)C(=O)NC[C@@H](c2ccsc2)N2CCN(C)CC2)c1. The molecule has 3 rings (SSSR count). The third-order valence-corrected chi connectivity index (χ3v) is 5.93. The van der Waals surface area contributed by atoms with E-state index in [1.54, 1.807) is 29.5 Å². The van der Waals surface area contributed by atoms with Crippen molar-refractivity contribution in [1.82, 2.24) is 15.1 Å². The van der Waals surface area contributed by atoms with E-state index < -0.39 is 11.8 Å². The number of thiophene rings is 1. The fourth-order valence-corrected chi connectivity index (χ4v) is 4.12. The summed E-state index contributed by atoms with van der Waals surface area (Å²) in [5.41, 5.74) is 1.53. The first-order valence-electron chi connectivity index (χ1n) is 9.77. The first-order chi connectivity index (χ1) is 14.5. The minimum Gasteiger partial charge on any atom is -0.497 e. The van der Waals surface area contributed by atoms with Crippen LogP contribution in [-0.4, -0.2) is 75.6 Å². The van der Waals surface area contributed by atoms with Crippen LogP contribution in [0.25, 0.3) is 0 Å². The van der Waals surface area contributed by atoms with Gasteiger partial charge in [0.25, 0.3) is 0 Å². The number of nitrogens with zero attached hydrogens (tertiary/aromatic N) is 2. The Kier molecular flexibility index (Phi) is 7.67. The Morgan fingerprint density at radius 3 is 2.50 bits per heavy atom. The summed E-state index contributed by atoms with van der Waals surface area (Å²) >= 11 is 1.63. The van der Waals surface area contributed by atoms with Gasteiger partial charge in [-0.15, -0.1) is 0 Å². The standard InChI is InChI=1S/C21H28N4O4S/c1-24-7-9-25(10-8-24)18(15-6-11-30-14-15)13-22-20(26)21(27)23-17-12-16(28-2)4-5-19(17)29-3/h4-6,11-12,14,18H,7-10,13H2,1-3H3,(H,22,26)(H,23,27)/t18-/m0/s1. The van der Waals surface area contributed by atoms with Gasteiger partial charge in [-0.3, -0.25) is 14.5 Å². The smallest absolute Gasteiger partial charge is 0.313 e. The summed E-state index contributed by atoms with van der Waals surface area (Å²) in [6.45, 7) is 4.15. The maximum Gasteiger partial charge on any atom is 0.313 e. The molecule has 0 saturated carbocycles. The van der Waals surface area contributed by atoms with Crippen LogP contribution in [0, 0.1) is 0 Å². The van der Waals surface area contributed by atoms with Crippen molar-refractivity contribution >= 4 is 28.8 Å². The van der Waals surface area contributed by atoms with Crippen LogP contribution in [0.2, 0.25) is 0 Å². The van der Waals surface area contributed by atoms with E-state index in [0.717, 1.165) is 31.7 Å². The second-order valence-electron chi connectivity index (χ2n) is 7.14. The minimum atomic E-state index is -0.746. The minimum absolute atomic E-state index is 0.0352. The number of methoxy groups -OCH3 is 2. The largest absolute Gasteiger partial charge is 0.497 e. The van der Waals surface area contributed by atoms with Crippen LogP contribution in [0.4, 0.5) is 5.69 Å². The Balaban J connectivity index is 1.63. The van der Waals surface area contributed by atoms with E-state index in [1.165, 1.54) is 14.2 Å². The average Bonchev–Trinajstić information content (AvgIpc) is 3.29. The van der Waals surface area contributed by atoms with Crippen molar-refractivity contribution in [1.29, 1.82) is 0 Å². The molecule has 2 heterocycles. The highest BCUT2D eigenvalue weighted by atomic mass is 32.1. The van der Waals surface area contributed by atoms with Crippen molar-refractivity contribution in [2.75, 3.05) is 59.3 Å². The number of likely N-dealkylation sites (N-methyl/N-ethyl adjacent to an activating group) is 1. The van der Waals surface area contributed by atoms with Gasteiger partial charge in [0.2, 0.25) is 0 Å². The Labute approximate surface area is 180 Å². The van der Waals surface area contributed by atoms with Gasteiger partial charge in [-0.2, -0.15) is 11.3 Å². The van der Waals surface area contributed by atoms with E-state index in [0.29, 0.717) is 23.7 Å². The lowest BCUT2D eigenvalue weighted by atomic mass is 10.1. The number of amides is 2. The number of hydrogen-bond donors (Lipinski definition) is 2. The maximum absolute atomic E-state index is 12.5. The summed E-state index contributed by atoms with van der Waals surface area (Å²) in [5, 5.41) is 9.52. The normalized spacial score (nSPS) is 16.0. The fourth-order valence-electron chi connectivity index (χ4n) is 3.42. The molecule has 9 heteroatoms. The van der Waals surface area contributed by atoms with Gasteiger partial charge in [0.1, 0.15) is 11.5 Å². The van der Waals surface area contributed by atoms with Crippen molar-refractivity contribution in [3.63, 3.8) is 0 Å². The van der Waals surface area contributed by atoms with E-state index in [9.17, 15) is 9.59 Å². The molecule has 30 heavy (non-hydrogen) atoms. The predicted molar refractivity (Wildman–Crippen MR) is 117 cm³/mol. The molecule has 0 radical (unpaired) electrons. The highest BCUT2D eigenvalue weighted by molar-refractivity contribution is 7.08. The quantitative estimate of drug-likeness (QED) is 0.650. The number of rotatable bonds is 7. The van der Waals surface area contributed by atoms with Gasteiger partial charge in [-0.05, 0) is 41.6 Å². The molecule has 1 aliphatic heterocycles. The fraction of sp³-hybridized carbons (Fsp3) is 0.429. The zero-order valence-corrected chi connectivity index (χ0v) is 18.3. The van der Waals surface area contributed by atoms with Gasteiger partial charge in [0, 0.05) is 38.8 Å². The second-order valence-corrected chi connectivity index (χ2v) is 7.92. The van der Waals surface area contributed by atoms with Gasteiger partial charge in [-0.25, -0.2) is 0 Å². The van der Waals surface area contributed by atoms with Gasteiger partial charge in [0.15, 0.2) is 0 Å². The van der Waals surface area contributed by atoms with Crippen LogP contribution in [0.1, 0.15) is 11.6 Å². The van der Waals surface area contributed by atoms with Crippen molar-refractivity contribution < 1.29 is 19.1 Å². The Bertz CT molecular complexity index is 851. The molecular formula is C21H28N4O4S. The summed E-state index contributed by atoms with van der Waals surface area (Å²) < 4.78 is 10.4. The Morgan fingerprint density at radius 2 is 1.87 bits per heavy atom. The van der Waals surface area contributed by atoms with Crippen LogP contribution in [0.15, 0.2) is 35.0 Å². The lowest BCUT2D eigenvalue weighted by molar-refractivity contribution is -0.136. The van der Waals surface area contributed by atoms with Crippen molar-refractivity contribution in [2.45, 2.75) is 6.04 Å². The molecule has 1 atom stereocenters. The van der Waals surface area contributed by atoms with Gasteiger partial charge >= 0.3 is 11.8 Å². The summed E-state index contributed by atoms with van der Waals surface area (Å²) in [6, 6.07) is 7.11. The first kappa shape index (κ1) is 22.1. The summed E-state index contributed by atoms with van der Waals surface area (Å²) in [7, 11) is 5.14. The van der Waals surface area contributed by atoms with Gasteiger partial charge in [0.05, 0.1) is 25.9 Å². The molecule has 0 unspecified atom stereocenters. The molecule has 162 valence electrons. The molecule has 1 saturated heterocycles.